The van der Waals surface area contributed by atoms with Crippen LogP contribution in [0.15, 0.2) is 0 Å². The first kappa shape index (κ1) is 9.92. The second-order valence-electron chi connectivity index (χ2n) is 2.62. The summed E-state index contributed by atoms with van der Waals surface area (Å²) < 4.78 is 0. The van der Waals surface area contributed by atoms with Gasteiger partial charge in [0, 0.05) is 0 Å². The summed E-state index contributed by atoms with van der Waals surface area (Å²) in [7, 11) is 0. The zero-order valence-corrected chi connectivity index (χ0v) is 7.18. The van der Waals surface area contributed by atoms with Gasteiger partial charge in [0.05, 0.1) is 5.60 Å². The predicted octanol–water partition coefficient (Wildman–Crippen LogP) is 2.05. The quantitative estimate of drug-likeness (QED) is 0.599. The van der Waals surface area contributed by atoms with Gasteiger partial charge in [0.25, 0.3) is 0 Å². The van der Waals surface area contributed by atoms with Gasteiger partial charge in [-0.2, -0.15) is 0 Å². The topological polar surface area (TPSA) is 35.2 Å². The zero-order chi connectivity index (χ0) is 8.04. The van der Waals surface area contributed by atoms with Crippen molar-refractivity contribution in [2.24, 2.45) is 5.90 Å². The third-order valence-corrected chi connectivity index (χ3v) is 2.11. The van der Waals surface area contributed by atoms with Gasteiger partial charge in [0.1, 0.15) is 0 Å². The van der Waals surface area contributed by atoms with Crippen molar-refractivity contribution in [2.45, 2.75) is 45.6 Å². The average molecular weight is 144 g/mol. The van der Waals surface area contributed by atoms with Gasteiger partial charge < -0.3 is 0 Å². The van der Waals surface area contributed by atoms with E-state index in [0.717, 1.165) is 19.3 Å². The van der Waals surface area contributed by atoms with Crippen molar-refractivity contribution in [1.82, 2.24) is 0 Å². The van der Waals surface area contributed by atoms with E-state index in [2.05, 4.69) is 20.3 Å². The first-order chi connectivity index (χ1) is 4.74. The van der Waals surface area contributed by atoms with Crippen LogP contribution in [0.25, 0.3) is 0 Å². The van der Waals surface area contributed by atoms with E-state index in [0.29, 0.717) is 0 Å². The van der Waals surface area contributed by atoms with Crippen LogP contribution in [-0.2, 0) is 4.84 Å². The molecule has 0 unspecified atom stereocenters. The Labute approximate surface area is 63.7 Å². The summed E-state index contributed by atoms with van der Waals surface area (Å²) >= 11 is 0. The lowest BCUT2D eigenvalue weighted by Crippen LogP contribution is -2.33. The number of nitrogens with two attached hydrogens (primary N) is 1. The molecule has 61 valence electrons. The monoisotopic (exact) mass is 144 g/mol. The molecule has 0 aromatic heterocycles. The molecule has 2 nitrogen and oxygen atoms in total. The van der Waals surface area contributed by atoms with Crippen molar-refractivity contribution in [3.05, 3.63) is 6.42 Å². The molecule has 0 aromatic carbocycles. The summed E-state index contributed by atoms with van der Waals surface area (Å²) in [5.74, 6) is 5.19. The highest BCUT2D eigenvalue weighted by Crippen LogP contribution is 2.23. The molecule has 0 spiro atoms. The maximum atomic E-state index is 5.19. The van der Waals surface area contributed by atoms with Crippen molar-refractivity contribution >= 4 is 0 Å². The van der Waals surface area contributed by atoms with Crippen molar-refractivity contribution < 1.29 is 4.84 Å². The highest BCUT2D eigenvalue weighted by molar-refractivity contribution is 4.81. The van der Waals surface area contributed by atoms with E-state index in [9.17, 15) is 0 Å². The molecule has 0 aliphatic rings. The summed E-state index contributed by atoms with van der Waals surface area (Å²) in [6, 6.07) is 0. The molecule has 2 N–H and O–H groups in total. The molecule has 0 saturated heterocycles. The molecule has 0 saturated carbocycles. The van der Waals surface area contributed by atoms with Crippen LogP contribution < -0.4 is 5.90 Å². The van der Waals surface area contributed by atoms with Gasteiger partial charge >= 0.3 is 0 Å². The van der Waals surface area contributed by atoms with E-state index in [-0.39, 0.29) is 5.60 Å². The van der Waals surface area contributed by atoms with E-state index in [1.807, 2.05) is 6.92 Å². The molecule has 0 fully saturated rings. The van der Waals surface area contributed by atoms with E-state index >= 15 is 0 Å². The summed E-state index contributed by atoms with van der Waals surface area (Å²) in [6.45, 7) is 6.22. The van der Waals surface area contributed by atoms with Crippen molar-refractivity contribution in [2.75, 3.05) is 0 Å². The maximum absolute atomic E-state index is 5.19. The minimum Gasteiger partial charge on any atom is -0.298 e. The lowest BCUT2D eigenvalue weighted by atomic mass is 9.92. The molecular weight excluding hydrogens is 126 g/mol. The normalized spacial score (nSPS) is 12.0. The maximum Gasteiger partial charge on any atom is 0.0891 e. The van der Waals surface area contributed by atoms with Gasteiger partial charge in [0.2, 0.25) is 0 Å². The van der Waals surface area contributed by atoms with E-state index in [4.69, 9.17) is 10.7 Å². The van der Waals surface area contributed by atoms with Gasteiger partial charge in [-0.3, -0.25) is 4.84 Å². The predicted molar refractivity (Wildman–Crippen MR) is 43.2 cm³/mol. The largest absolute Gasteiger partial charge is 0.298 e. The molecule has 0 aliphatic heterocycles. The van der Waals surface area contributed by atoms with Crippen LogP contribution in [0, 0.1) is 6.42 Å². The Kier molecular flexibility index (Phi) is 4.65. The molecule has 0 bridgehead atoms. The Morgan fingerprint density at radius 2 is 1.90 bits per heavy atom. The molecule has 0 aromatic rings. The van der Waals surface area contributed by atoms with Crippen LogP contribution >= 0.6 is 0 Å². The van der Waals surface area contributed by atoms with Gasteiger partial charge in [-0.15, -0.1) is 0 Å². The zero-order valence-electron chi connectivity index (χ0n) is 7.18. The molecule has 0 amide bonds. The molecule has 2 heteroatoms. The minimum atomic E-state index is -0.102. The summed E-state index contributed by atoms with van der Waals surface area (Å²) in [5, 5.41) is 0. The molecule has 10 heavy (non-hydrogen) atoms. The first-order valence-corrected chi connectivity index (χ1v) is 3.90. The minimum absolute atomic E-state index is 0.102. The summed E-state index contributed by atoms with van der Waals surface area (Å²) in [4.78, 5) is 4.95. The first-order valence-electron chi connectivity index (χ1n) is 3.90. The third-order valence-electron chi connectivity index (χ3n) is 2.11. The van der Waals surface area contributed by atoms with Crippen molar-refractivity contribution in [1.29, 1.82) is 0 Å². The van der Waals surface area contributed by atoms with Gasteiger partial charge in [0.15, 0.2) is 0 Å². The van der Waals surface area contributed by atoms with Crippen molar-refractivity contribution in [3.8, 4) is 0 Å². The highest BCUT2D eigenvalue weighted by atomic mass is 16.6. The Hall–Kier alpha value is -0.0800. The van der Waals surface area contributed by atoms with Crippen LogP contribution in [0.2, 0.25) is 0 Å². The van der Waals surface area contributed by atoms with E-state index < -0.39 is 0 Å². The molecule has 0 aliphatic carbocycles. The van der Waals surface area contributed by atoms with E-state index in [1.165, 1.54) is 0 Å². The van der Waals surface area contributed by atoms with Crippen LogP contribution in [0.3, 0.4) is 0 Å². The third kappa shape index (κ3) is 2.27. The van der Waals surface area contributed by atoms with E-state index in [1.54, 1.807) is 0 Å². The molecule has 0 rings (SSSR count). The highest BCUT2D eigenvalue weighted by Gasteiger charge is 2.24. The Bertz CT molecular complexity index is 71.1. The SMILES string of the molecule is C[CH]CC(CC)(CC)ON. The van der Waals surface area contributed by atoms with Gasteiger partial charge in [-0.05, 0) is 25.7 Å². The van der Waals surface area contributed by atoms with Crippen LogP contribution in [0.1, 0.15) is 40.0 Å². The fraction of sp³-hybridized carbons (Fsp3) is 0.875. The molecule has 1 radical (unpaired) electrons. The lowest BCUT2D eigenvalue weighted by molar-refractivity contribution is -0.0540. The number of hydrogen-bond acceptors (Lipinski definition) is 2. The Morgan fingerprint density at radius 1 is 1.40 bits per heavy atom. The number of rotatable bonds is 5. The van der Waals surface area contributed by atoms with Crippen LogP contribution in [0.4, 0.5) is 0 Å². The van der Waals surface area contributed by atoms with Crippen molar-refractivity contribution in [3.63, 3.8) is 0 Å². The smallest absolute Gasteiger partial charge is 0.0891 e. The summed E-state index contributed by atoms with van der Waals surface area (Å²) in [6.07, 6.45) is 4.99. The Morgan fingerprint density at radius 3 is 2.00 bits per heavy atom. The fourth-order valence-electron chi connectivity index (χ4n) is 1.13. The molecule has 0 atom stereocenters. The van der Waals surface area contributed by atoms with Gasteiger partial charge in [-0.1, -0.05) is 20.8 Å². The van der Waals surface area contributed by atoms with Crippen LogP contribution in [0.5, 0.6) is 0 Å². The molecular formula is C8H18NO. The van der Waals surface area contributed by atoms with Crippen LogP contribution in [-0.4, -0.2) is 5.60 Å². The summed E-state index contributed by atoms with van der Waals surface area (Å²) in [5.41, 5.74) is -0.102. The Balaban J connectivity index is 3.87. The second kappa shape index (κ2) is 4.69. The number of hydrogen-bond donors (Lipinski definition) is 1. The molecule has 0 heterocycles. The van der Waals surface area contributed by atoms with Gasteiger partial charge in [-0.25, -0.2) is 5.90 Å². The standard InChI is InChI=1S/C8H18NO/c1-4-7-8(5-2,6-3)10-9/h4H,5-7,9H2,1-3H3. The average Bonchev–Trinajstić information content (AvgIpc) is 2.01. The lowest BCUT2D eigenvalue weighted by Gasteiger charge is -2.28. The second-order valence-corrected chi connectivity index (χ2v) is 2.62. The fourth-order valence-corrected chi connectivity index (χ4v) is 1.13.